The molecule has 0 spiro atoms. The van der Waals surface area contributed by atoms with Crippen LogP contribution in [0.3, 0.4) is 0 Å². The zero-order valence-corrected chi connectivity index (χ0v) is 14.4. The van der Waals surface area contributed by atoms with E-state index in [4.69, 9.17) is 11.0 Å². The third-order valence-electron chi connectivity index (χ3n) is 4.31. The van der Waals surface area contributed by atoms with Crippen molar-refractivity contribution in [3.05, 3.63) is 47.7 Å². The molecule has 0 saturated heterocycles. The molecule has 3 rings (SSSR count). The highest BCUT2D eigenvalue weighted by molar-refractivity contribution is 5.87. The number of pyridine rings is 1. The van der Waals surface area contributed by atoms with Crippen LogP contribution in [0.2, 0.25) is 0 Å². The molecule has 2 aromatic heterocycles. The Morgan fingerprint density at radius 2 is 1.96 bits per heavy atom. The number of aliphatic carboxylic acids is 1. The van der Waals surface area contributed by atoms with Crippen molar-refractivity contribution in [2.45, 2.75) is 32.7 Å². The highest BCUT2D eigenvalue weighted by atomic mass is 16.4. The normalized spacial score (nSPS) is 14.4. The second-order valence-corrected chi connectivity index (χ2v) is 7.59. The molecule has 0 unspecified atom stereocenters. The largest absolute Gasteiger partial charge is 0.480 e. The molecule has 2 heterocycles. The van der Waals surface area contributed by atoms with Crippen LogP contribution in [-0.4, -0.2) is 20.7 Å². The van der Waals surface area contributed by atoms with Gasteiger partial charge in [0.05, 0.1) is 22.8 Å². The van der Waals surface area contributed by atoms with Crippen LogP contribution in [0.4, 0.5) is 0 Å². The van der Waals surface area contributed by atoms with Gasteiger partial charge in [-0.3, -0.25) is 0 Å². The molecular formula is C19H20N4O2. The van der Waals surface area contributed by atoms with E-state index in [1.807, 2.05) is 26.8 Å². The Morgan fingerprint density at radius 3 is 2.56 bits per heavy atom. The monoisotopic (exact) mass is 336 g/mol. The lowest BCUT2D eigenvalue weighted by molar-refractivity contribution is -0.145. The summed E-state index contributed by atoms with van der Waals surface area (Å²) in [6, 6.07) is 11.1. The first-order valence-corrected chi connectivity index (χ1v) is 7.99. The first-order chi connectivity index (χ1) is 11.7. The van der Waals surface area contributed by atoms with Crippen molar-refractivity contribution in [1.29, 1.82) is 5.26 Å². The summed E-state index contributed by atoms with van der Waals surface area (Å²) in [5.74, 6) is -1.05. The summed E-state index contributed by atoms with van der Waals surface area (Å²) < 4.78 is 1.68. The molecule has 0 aliphatic carbocycles. The number of rotatable bonds is 3. The Labute approximate surface area is 145 Å². The number of hydrogen-bond acceptors (Lipinski definition) is 4. The van der Waals surface area contributed by atoms with Gasteiger partial charge in [-0.15, -0.1) is 0 Å². The lowest BCUT2D eigenvalue weighted by Crippen LogP contribution is -2.47. The van der Waals surface area contributed by atoms with Crippen molar-refractivity contribution >= 4 is 22.4 Å². The minimum Gasteiger partial charge on any atom is -0.480 e. The molecule has 1 atom stereocenters. The number of carboxylic acid groups (broad SMARTS) is 1. The van der Waals surface area contributed by atoms with Crippen LogP contribution >= 0.6 is 0 Å². The van der Waals surface area contributed by atoms with Crippen molar-refractivity contribution in [2.24, 2.45) is 11.1 Å². The van der Waals surface area contributed by atoms with Crippen molar-refractivity contribution in [1.82, 2.24) is 9.61 Å². The van der Waals surface area contributed by atoms with E-state index in [1.54, 1.807) is 28.8 Å². The SMILES string of the molecule is CC(C)(C)C[C@](N)(C(=O)O)c1ccc2c(ccc3c(C#N)cnn32)c1. The molecular weight excluding hydrogens is 316 g/mol. The van der Waals surface area contributed by atoms with Crippen molar-refractivity contribution in [2.75, 3.05) is 0 Å². The van der Waals surface area contributed by atoms with Crippen LogP contribution in [-0.2, 0) is 10.3 Å². The van der Waals surface area contributed by atoms with Crippen LogP contribution in [0.5, 0.6) is 0 Å². The Balaban J connectivity index is 2.19. The summed E-state index contributed by atoms with van der Waals surface area (Å²) in [6.45, 7) is 5.90. The molecule has 3 N–H and O–H groups in total. The number of carbonyl (C=O) groups is 1. The summed E-state index contributed by atoms with van der Waals surface area (Å²) >= 11 is 0. The molecule has 0 saturated carbocycles. The number of nitrogens with two attached hydrogens (primary N) is 1. The second-order valence-electron chi connectivity index (χ2n) is 7.59. The predicted octanol–water partition coefficient (Wildman–Crippen LogP) is 3.03. The van der Waals surface area contributed by atoms with E-state index >= 15 is 0 Å². The Bertz CT molecular complexity index is 1020. The van der Waals surface area contributed by atoms with Gasteiger partial charge in [0.15, 0.2) is 0 Å². The van der Waals surface area contributed by atoms with E-state index in [1.165, 1.54) is 6.20 Å². The topological polar surface area (TPSA) is 104 Å². The zero-order valence-electron chi connectivity index (χ0n) is 14.4. The molecule has 1 aromatic carbocycles. The zero-order chi connectivity index (χ0) is 18.4. The average molecular weight is 336 g/mol. The van der Waals surface area contributed by atoms with Crippen molar-refractivity contribution < 1.29 is 9.90 Å². The quantitative estimate of drug-likeness (QED) is 0.765. The number of aromatic nitrogens is 2. The standard InChI is InChI=1S/C19H20N4O2/c1-18(2,3)11-19(21,17(24)25)14-5-7-15-12(8-14)4-6-16-13(9-20)10-22-23(15)16/h4-8,10H,11,21H2,1-3H3,(H,24,25)/t19-/m1/s1. The van der Waals surface area contributed by atoms with Gasteiger partial charge < -0.3 is 10.8 Å². The Hall–Kier alpha value is -2.91. The predicted molar refractivity (Wildman–Crippen MR) is 95.0 cm³/mol. The molecule has 6 nitrogen and oxygen atoms in total. The van der Waals surface area contributed by atoms with Crippen LogP contribution in [0, 0.1) is 16.7 Å². The summed E-state index contributed by atoms with van der Waals surface area (Å²) in [4.78, 5) is 11.9. The minimum absolute atomic E-state index is 0.240. The number of nitrogens with zero attached hydrogens (tertiary/aromatic N) is 3. The average Bonchev–Trinajstić information content (AvgIpc) is 2.95. The lowest BCUT2D eigenvalue weighted by atomic mass is 9.76. The summed E-state index contributed by atoms with van der Waals surface area (Å²) in [5.41, 5.74) is 7.17. The third kappa shape index (κ3) is 2.83. The molecule has 25 heavy (non-hydrogen) atoms. The first kappa shape index (κ1) is 16.9. The van der Waals surface area contributed by atoms with Gasteiger partial charge in [0.2, 0.25) is 0 Å². The maximum Gasteiger partial charge on any atom is 0.328 e. The molecule has 3 aromatic rings. The molecule has 0 fully saturated rings. The number of carboxylic acids is 1. The van der Waals surface area contributed by atoms with E-state index < -0.39 is 11.5 Å². The van der Waals surface area contributed by atoms with Crippen LogP contribution in [0.15, 0.2) is 36.5 Å². The summed E-state index contributed by atoms with van der Waals surface area (Å²) in [7, 11) is 0. The van der Waals surface area contributed by atoms with Gasteiger partial charge >= 0.3 is 5.97 Å². The number of fused-ring (bicyclic) bond motifs is 3. The lowest BCUT2D eigenvalue weighted by Gasteiger charge is -2.32. The van der Waals surface area contributed by atoms with Crippen LogP contribution in [0.25, 0.3) is 16.4 Å². The summed E-state index contributed by atoms with van der Waals surface area (Å²) in [6.07, 6.45) is 1.83. The van der Waals surface area contributed by atoms with E-state index in [9.17, 15) is 9.90 Å². The maximum absolute atomic E-state index is 11.9. The van der Waals surface area contributed by atoms with Crippen LogP contribution < -0.4 is 5.73 Å². The molecule has 0 aliphatic rings. The fourth-order valence-electron chi connectivity index (χ4n) is 3.26. The highest BCUT2D eigenvalue weighted by Crippen LogP contribution is 2.34. The molecule has 128 valence electrons. The smallest absolute Gasteiger partial charge is 0.328 e. The molecule has 0 amide bonds. The van der Waals surface area contributed by atoms with Gasteiger partial charge in [-0.25, -0.2) is 9.31 Å². The maximum atomic E-state index is 11.9. The molecule has 0 aliphatic heterocycles. The number of hydrogen-bond donors (Lipinski definition) is 2. The van der Waals surface area contributed by atoms with Crippen LogP contribution in [0.1, 0.15) is 38.3 Å². The molecule has 0 radical (unpaired) electrons. The van der Waals surface area contributed by atoms with Crippen molar-refractivity contribution in [3.63, 3.8) is 0 Å². The highest BCUT2D eigenvalue weighted by Gasteiger charge is 2.39. The van der Waals surface area contributed by atoms with E-state index in [0.717, 1.165) is 16.4 Å². The van der Waals surface area contributed by atoms with E-state index in [0.29, 0.717) is 17.5 Å². The second kappa shape index (κ2) is 5.57. The Kier molecular flexibility index (Phi) is 3.77. The van der Waals surface area contributed by atoms with E-state index in [2.05, 4.69) is 11.2 Å². The van der Waals surface area contributed by atoms with Gasteiger partial charge in [-0.05, 0) is 35.6 Å². The fraction of sp³-hybridized carbons (Fsp3) is 0.316. The number of nitriles is 1. The molecule has 6 heteroatoms. The van der Waals surface area contributed by atoms with E-state index in [-0.39, 0.29) is 5.41 Å². The number of benzene rings is 1. The summed E-state index contributed by atoms with van der Waals surface area (Å²) in [5, 5.41) is 24.0. The van der Waals surface area contributed by atoms with Gasteiger partial charge in [0.1, 0.15) is 11.6 Å². The van der Waals surface area contributed by atoms with Crippen molar-refractivity contribution in [3.8, 4) is 6.07 Å². The van der Waals surface area contributed by atoms with Gasteiger partial charge in [-0.2, -0.15) is 10.4 Å². The fourth-order valence-corrected chi connectivity index (χ4v) is 3.26. The van der Waals surface area contributed by atoms with Gasteiger partial charge in [0.25, 0.3) is 0 Å². The first-order valence-electron chi connectivity index (χ1n) is 7.99. The minimum atomic E-state index is -1.47. The van der Waals surface area contributed by atoms with Gasteiger partial charge in [-0.1, -0.05) is 32.9 Å². The molecule has 0 bridgehead atoms. The third-order valence-corrected chi connectivity index (χ3v) is 4.31. The Morgan fingerprint density at radius 1 is 1.28 bits per heavy atom. The van der Waals surface area contributed by atoms with Gasteiger partial charge in [0, 0.05) is 5.39 Å².